The van der Waals surface area contributed by atoms with Gasteiger partial charge in [0.1, 0.15) is 5.66 Å². The van der Waals surface area contributed by atoms with Gasteiger partial charge >= 0.3 is 12.4 Å². The minimum atomic E-state index is -5.75. The van der Waals surface area contributed by atoms with E-state index in [9.17, 15) is 35.1 Å². The second-order valence-electron chi connectivity index (χ2n) is 2.18. The average molecular weight is 246 g/mol. The summed E-state index contributed by atoms with van der Waals surface area (Å²) in [4.78, 5) is 0. The molecule has 0 spiro atoms. The Labute approximate surface area is 75.2 Å². The van der Waals surface area contributed by atoms with Crippen LogP contribution in [0.25, 0.3) is 0 Å². The van der Waals surface area contributed by atoms with Gasteiger partial charge in [-0.05, 0) is 0 Å². The summed E-state index contributed by atoms with van der Waals surface area (Å²) in [5, 5.41) is 0. The lowest BCUT2D eigenvalue weighted by Gasteiger charge is -2.14. The molecule has 14 heavy (non-hydrogen) atoms. The van der Waals surface area contributed by atoms with Crippen molar-refractivity contribution in [2.75, 3.05) is 0 Å². The lowest BCUT2D eigenvalue weighted by atomic mass is 10.3. The first-order valence-corrected chi connectivity index (χ1v) is 3.59. The highest BCUT2D eigenvalue weighted by molar-refractivity contribution is 7.18. The predicted octanol–water partition coefficient (Wildman–Crippen LogP) is 3.51. The van der Waals surface area contributed by atoms with Gasteiger partial charge in [-0.2, -0.15) is 30.7 Å². The lowest BCUT2D eigenvalue weighted by molar-refractivity contribution is -0.131. The van der Waals surface area contributed by atoms with Gasteiger partial charge in [0.25, 0.3) is 0 Å². The van der Waals surface area contributed by atoms with E-state index in [0.29, 0.717) is 0 Å². The van der Waals surface area contributed by atoms with Crippen molar-refractivity contribution in [3.63, 3.8) is 0 Å². The normalized spacial score (nSPS) is 17.8. The van der Waals surface area contributed by atoms with Crippen LogP contribution >= 0.6 is 9.24 Å². The van der Waals surface area contributed by atoms with Crippen LogP contribution in [0.3, 0.4) is 0 Å². The Bertz CT molecular complexity index is 235. The third kappa shape index (κ3) is 3.40. The molecule has 2 unspecified atom stereocenters. The highest BCUT2D eigenvalue weighted by Crippen LogP contribution is 2.38. The number of allylic oxidation sites excluding steroid dienone is 2. The van der Waals surface area contributed by atoms with Gasteiger partial charge in [0.15, 0.2) is 5.83 Å². The summed E-state index contributed by atoms with van der Waals surface area (Å²) in [6, 6.07) is 0. The van der Waals surface area contributed by atoms with Crippen molar-refractivity contribution in [1.82, 2.24) is 0 Å². The molecule has 9 heteroatoms. The maximum absolute atomic E-state index is 12.2. The van der Waals surface area contributed by atoms with E-state index in [1.807, 2.05) is 0 Å². The third-order valence-electron chi connectivity index (χ3n) is 1.08. The highest BCUT2D eigenvalue weighted by Gasteiger charge is 2.46. The van der Waals surface area contributed by atoms with Crippen LogP contribution < -0.4 is 0 Å². The molecule has 0 radical (unpaired) electrons. The summed E-state index contributed by atoms with van der Waals surface area (Å²) in [5.74, 6) is -6.26. The zero-order valence-corrected chi connectivity index (χ0v) is 7.33. The molecule has 0 aromatic heterocycles. The van der Waals surface area contributed by atoms with E-state index in [1.54, 1.807) is 0 Å². The van der Waals surface area contributed by atoms with E-state index in [1.165, 1.54) is 0 Å². The molecule has 0 heterocycles. The van der Waals surface area contributed by atoms with Crippen molar-refractivity contribution in [1.29, 1.82) is 0 Å². The van der Waals surface area contributed by atoms with Gasteiger partial charge in [-0.1, -0.05) is 0 Å². The van der Waals surface area contributed by atoms with Gasteiger partial charge in [-0.15, -0.1) is 9.24 Å². The van der Waals surface area contributed by atoms with Crippen LogP contribution in [0.5, 0.6) is 0 Å². The van der Waals surface area contributed by atoms with Gasteiger partial charge in [0.2, 0.25) is 5.83 Å². The summed E-state index contributed by atoms with van der Waals surface area (Å²) in [7, 11) is 0.747. The van der Waals surface area contributed by atoms with Crippen LogP contribution in [0.1, 0.15) is 0 Å². The Kier molecular flexibility index (Phi) is 3.89. The Morgan fingerprint density at radius 2 is 1.29 bits per heavy atom. The second kappa shape index (κ2) is 4.00. The van der Waals surface area contributed by atoms with E-state index in [-0.39, 0.29) is 0 Å². The molecule has 0 bridgehead atoms. The zero-order valence-electron chi connectivity index (χ0n) is 6.18. The zero-order chi connectivity index (χ0) is 11.7. The van der Waals surface area contributed by atoms with Crippen LogP contribution in [-0.4, -0.2) is 18.0 Å². The van der Waals surface area contributed by atoms with E-state index in [2.05, 4.69) is 0 Å². The molecule has 84 valence electrons. The molecule has 0 aliphatic heterocycles. The molecule has 0 fully saturated rings. The molecule has 0 nitrogen and oxygen atoms in total. The fraction of sp³-hybridized carbons (Fsp3) is 0.600. The van der Waals surface area contributed by atoms with E-state index in [0.717, 1.165) is 9.24 Å². The molecule has 0 aromatic carbocycles. The first-order valence-electron chi connectivity index (χ1n) is 2.92. The summed E-state index contributed by atoms with van der Waals surface area (Å²) >= 11 is 0. The van der Waals surface area contributed by atoms with E-state index >= 15 is 0 Å². The van der Waals surface area contributed by atoms with Gasteiger partial charge in [-0.3, -0.25) is 0 Å². The lowest BCUT2D eigenvalue weighted by Crippen LogP contribution is -2.26. The highest BCUT2D eigenvalue weighted by atomic mass is 31.0. The average Bonchev–Trinajstić information content (AvgIpc) is 1.97. The van der Waals surface area contributed by atoms with Crippen LogP contribution in [0.4, 0.5) is 35.1 Å². The SMILES string of the molecule is F/C(=C(/F)C(F)(F)F)C(P)C(F)(F)F. The van der Waals surface area contributed by atoms with E-state index in [4.69, 9.17) is 0 Å². The standard InChI is InChI=1S/C5H3F8P/c6-1(2(7)4(8,9)10)3(14)5(11,12)13/h3H,14H2/b2-1+. The Balaban J connectivity index is 5.03. The fourth-order valence-electron chi connectivity index (χ4n) is 0.416. The van der Waals surface area contributed by atoms with Crippen LogP contribution in [-0.2, 0) is 0 Å². The van der Waals surface area contributed by atoms with Gasteiger partial charge in [0.05, 0.1) is 0 Å². The van der Waals surface area contributed by atoms with Crippen molar-refractivity contribution in [2.45, 2.75) is 18.0 Å². The minimum absolute atomic E-state index is 0.747. The number of rotatable bonds is 1. The topological polar surface area (TPSA) is 0 Å². The fourth-order valence-corrected chi connectivity index (χ4v) is 0.562. The van der Waals surface area contributed by atoms with Gasteiger partial charge < -0.3 is 0 Å². The van der Waals surface area contributed by atoms with Crippen molar-refractivity contribution >= 4 is 9.24 Å². The molecular weight excluding hydrogens is 243 g/mol. The summed E-state index contributed by atoms with van der Waals surface area (Å²) < 4.78 is 93.2. The molecule has 0 aliphatic rings. The molecule has 0 rings (SSSR count). The van der Waals surface area contributed by atoms with Gasteiger partial charge in [0, 0.05) is 0 Å². The third-order valence-corrected chi connectivity index (χ3v) is 1.75. The molecule has 0 aromatic rings. The monoisotopic (exact) mass is 246 g/mol. The molecule has 0 saturated carbocycles. The Morgan fingerprint density at radius 1 is 0.929 bits per heavy atom. The minimum Gasteiger partial charge on any atom is -0.208 e. The number of hydrogen-bond acceptors (Lipinski definition) is 0. The van der Waals surface area contributed by atoms with Crippen LogP contribution in [0.15, 0.2) is 11.7 Å². The maximum Gasteiger partial charge on any atom is 0.445 e. The summed E-state index contributed by atoms with van der Waals surface area (Å²) in [6.45, 7) is 0. The number of alkyl halides is 6. The molecule has 0 saturated heterocycles. The molecular formula is C5H3F8P. The van der Waals surface area contributed by atoms with Crippen molar-refractivity contribution in [2.24, 2.45) is 0 Å². The number of halogens is 8. The number of hydrogen-bond donors (Lipinski definition) is 0. The molecule has 0 amide bonds. The quantitative estimate of drug-likeness (QED) is 0.490. The van der Waals surface area contributed by atoms with Crippen molar-refractivity contribution in [3.8, 4) is 0 Å². The predicted molar refractivity (Wildman–Crippen MR) is 34.9 cm³/mol. The van der Waals surface area contributed by atoms with Crippen molar-refractivity contribution in [3.05, 3.63) is 11.7 Å². The molecule has 0 aliphatic carbocycles. The smallest absolute Gasteiger partial charge is 0.208 e. The van der Waals surface area contributed by atoms with E-state index < -0.39 is 29.7 Å². The van der Waals surface area contributed by atoms with Crippen LogP contribution in [0.2, 0.25) is 0 Å². The van der Waals surface area contributed by atoms with Gasteiger partial charge in [-0.25, -0.2) is 4.39 Å². The summed E-state index contributed by atoms with van der Waals surface area (Å²) in [6.07, 6.45) is -11.0. The maximum atomic E-state index is 12.2. The first kappa shape index (κ1) is 13.6. The molecule has 2 atom stereocenters. The molecule has 0 N–H and O–H groups in total. The summed E-state index contributed by atoms with van der Waals surface area (Å²) in [5.41, 5.74) is -3.19. The Morgan fingerprint density at radius 3 is 1.50 bits per heavy atom. The largest absolute Gasteiger partial charge is 0.445 e. The van der Waals surface area contributed by atoms with Crippen LogP contribution in [0, 0.1) is 0 Å². The first-order chi connectivity index (χ1) is 5.98. The second-order valence-corrected chi connectivity index (χ2v) is 2.85. The Hall–Kier alpha value is -0.390. The van der Waals surface area contributed by atoms with Crippen molar-refractivity contribution < 1.29 is 35.1 Å².